The van der Waals surface area contributed by atoms with E-state index < -0.39 is 20.0 Å². The molecular formula is C93H95Cl4N19O9S2. The van der Waals surface area contributed by atoms with Gasteiger partial charge in [0, 0.05) is 218 Å². The number of benzene rings is 5. The second-order valence-corrected chi connectivity index (χ2v) is 37.4. The van der Waals surface area contributed by atoms with Crippen LogP contribution in [-0.2, 0) is 58.8 Å². The molecular weight excluding hydrogens is 1730 g/mol. The first-order valence-corrected chi connectivity index (χ1v) is 46.8. The topological polar surface area (TPSA) is 278 Å². The molecule has 656 valence electrons. The fraction of sp³-hybridized carbons (Fsp3) is 0.280. The molecule has 14 aromatic rings. The van der Waals surface area contributed by atoms with E-state index in [9.17, 15) is 36.0 Å². The summed E-state index contributed by atoms with van der Waals surface area (Å²) in [6, 6.07) is 61.7. The van der Waals surface area contributed by atoms with E-state index in [4.69, 9.17) is 71.1 Å². The van der Waals surface area contributed by atoms with Crippen molar-refractivity contribution >= 4 is 124 Å². The molecule has 19 rings (SSSR count). The Kier molecular flexibility index (Phi) is 27.5. The Labute approximate surface area is 756 Å². The number of piperazine rings is 4. The number of anilines is 2. The van der Waals surface area contributed by atoms with Gasteiger partial charge in [0.1, 0.15) is 40.6 Å². The zero-order chi connectivity index (χ0) is 88.6. The third-order valence-electron chi connectivity index (χ3n) is 23.2. The van der Waals surface area contributed by atoms with E-state index in [2.05, 4.69) is 53.0 Å². The first-order valence-electron chi connectivity index (χ1n) is 41.8. The SMILES string of the molecule is CC(=O)N1CCN(Cc2c(-c3ccc(Cl)cc3)nc3ccc(N(C)S(C)(=O)=O)cn23)CC1.COCC(=O)N1CCN(Cc2c(-c3ccc(Cl)cc3)nc3ccc(N4CCCS4(=O)=O)cn23)CC1.O=C(c1c(-c2ccc(Cl)cc2)nc2ccc(-c3ccccc3)cn12)N1CCNCC1.O=C1CN(Cc2c(-c3ccc(Cl)cc3)nc3ccc(-c4ccccn4)cn23)CCN1. The van der Waals surface area contributed by atoms with Crippen LogP contribution in [0.15, 0.2) is 225 Å². The molecule has 0 saturated carbocycles. The van der Waals surface area contributed by atoms with Crippen molar-refractivity contribution in [3.63, 3.8) is 0 Å². The number of methoxy groups -OCH3 is 1. The Morgan fingerprint density at radius 2 is 0.937 bits per heavy atom. The Morgan fingerprint density at radius 3 is 1.44 bits per heavy atom. The van der Waals surface area contributed by atoms with E-state index >= 15 is 0 Å². The van der Waals surface area contributed by atoms with Gasteiger partial charge in [-0.15, -0.1) is 0 Å². The minimum Gasteiger partial charge on any atom is -0.375 e. The van der Waals surface area contributed by atoms with Crippen LogP contribution in [0.1, 0.15) is 40.9 Å². The van der Waals surface area contributed by atoms with Crippen molar-refractivity contribution in [3.8, 4) is 67.4 Å². The summed E-state index contributed by atoms with van der Waals surface area (Å²) in [7, 11) is -3.62. The van der Waals surface area contributed by atoms with Crippen LogP contribution in [0.25, 0.3) is 90.0 Å². The lowest BCUT2D eigenvalue weighted by Gasteiger charge is -2.34. The lowest BCUT2D eigenvalue weighted by atomic mass is 10.1. The molecule has 28 nitrogen and oxygen atoms in total. The molecule has 0 bridgehead atoms. The van der Waals surface area contributed by atoms with Crippen LogP contribution < -0.4 is 19.2 Å². The second kappa shape index (κ2) is 39.3. The van der Waals surface area contributed by atoms with Gasteiger partial charge in [-0.25, -0.2) is 36.8 Å². The van der Waals surface area contributed by atoms with Gasteiger partial charge in [0.05, 0.1) is 69.8 Å². The third kappa shape index (κ3) is 20.7. The number of halogens is 4. The van der Waals surface area contributed by atoms with Crippen LogP contribution in [0.3, 0.4) is 0 Å². The van der Waals surface area contributed by atoms with Crippen molar-refractivity contribution in [1.29, 1.82) is 0 Å². The summed E-state index contributed by atoms with van der Waals surface area (Å²) in [5.74, 6) is 0.315. The zero-order valence-electron chi connectivity index (χ0n) is 70.5. The Balaban J connectivity index is 0.000000125. The maximum Gasteiger partial charge on any atom is 0.273 e. The van der Waals surface area contributed by atoms with Gasteiger partial charge >= 0.3 is 0 Å². The molecule has 0 spiro atoms. The number of aromatic nitrogens is 9. The van der Waals surface area contributed by atoms with Crippen LogP contribution in [0, 0.1) is 0 Å². The summed E-state index contributed by atoms with van der Waals surface area (Å²) in [5.41, 5.74) is 18.9. The molecule has 0 aliphatic carbocycles. The number of rotatable bonds is 18. The molecule has 0 atom stereocenters. The summed E-state index contributed by atoms with van der Waals surface area (Å²) in [6.45, 7) is 14.4. The average Bonchev–Trinajstić information content (AvgIpc) is 1.66. The van der Waals surface area contributed by atoms with Crippen LogP contribution >= 0.6 is 46.4 Å². The molecule has 5 aliphatic rings. The number of pyridine rings is 5. The highest BCUT2D eigenvalue weighted by Gasteiger charge is 2.33. The van der Waals surface area contributed by atoms with Crippen LogP contribution in [-0.4, -0.2) is 250 Å². The van der Waals surface area contributed by atoms with E-state index in [0.29, 0.717) is 128 Å². The second-order valence-electron chi connectivity index (χ2n) is 31.6. The number of sulfonamides is 2. The molecule has 127 heavy (non-hydrogen) atoms. The number of ether oxygens (including phenoxy) is 1. The number of hydrogen-bond donors (Lipinski definition) is 2. The number of carbonyl (C=O) groups excluding carboxylic acids is 4. The quantitative estimate of drug-likeness (QED) is 0.0807. The molecule has 9 aromatic heterocycles. The van der Waals surface area contributed by atoms with Crippen molar-refractivity contribution < 1.29 is 40.8 Å². The molecule has 2 N–H and O–H groups in total. The van der Waals surface area contributed by atoms with Gasteiger partial charge in [-0.2, -0.15) is 0 Å². The highest BCUT2D eigenvalue weighted by molar-refractivity contribution is 7.93. The van der Waals surface area contributed by atoms with E-state index in [1.54, 1.807) is 19.2 Å². The molecule has 0 radical (unpaired) electrons. The van der Waals surface area contributed by atoms with Crippen LogP contribution in [0.5, 0.6) is 0 Å². The smallest absolute Gasteiger partial charge is 0.273 e. The van der Waals surface area contributed by atoms with Gasteiger partial charge in [-0.3, -0.25) is 60.7 Å². The van der Waals surface area contributed by atoms with E-state index in [1.165, 1.54) is 29.0 Å². The summed E-state index contributed by atoms with van der Waals surface area (Å²) in [6.07, 6.45) is 11.4. The number of amides is 4. The predicted octanol–water partition coefficient (Wildman–Crippen LogP) is 13.2. The molecule has 34 heteroatoms. The molecule has 5 aromatic carbocycles. The number of nitrogens with one attached hydrogen (secondary N) is 2. The molecule has 5 aliphatic heterocycles. The molecule has 0 unspecified atom stereocenters. The Hall–Kier alpha value is -11.7. The van der Waals surface area contributed by atoms with E-state index in [0.717, 1.165) is 147 Å². The lowest BCUT2D eigenvalue weighted by Crippen LogP contribution is -2.49. The summed E-state index contributed by atoms with van der Waals surface area (Å²) >= 11 is 24.4. The molecule has 4 amide bonds. The summed E-state index contributed by atoms with van der Waals surface area (Å²) < 4.78 is 64.9. The maximum absolute atomic E-state index is 13.6. The number of nitrogens with zero attached hydrogens (tertiary/aromatic N) is 17. The number of imidazole rings is 4. The largest absolute Gasteiger partial charge is 0.375 e. The van der Waals surface area contributed by atoms with Gasteiger partial charge in [-0.1, -0.05) is 131 Å². The van der Waals surface area contributed by atoms with Gasteiger partial charge in [0.2, 0.25) is 37.8 Å². The standard InChI is InChI=1S/C24H28ClN5O4S.C24H21ClN4O.C23H20ClN5O.C22H26ClN5O3S/c1-34-17-23(31)28-12-10-27(11-13-28)16-21-24(18-3-5-19(25)6-4-18)26-22-8-7-20(15-29(21)22)30-9-2-14-35(30,32)33;25-20-9-6-18(7-10-20)22-23(24(30)28-14-12-26-13-15-28)29-16-19(8-11-21(29)27-22)17-4-2-1-3-5-17;24-18-7-4-16(5-8-18)23-20(14-28-12-11-26-22(30)15-28)29-13-17(6-9-21(29)27-23)19-3-1-2-10-25-19;1-16(29)27-12-10-26(11-13-27)15-20-22(17-4-6-18(23)7-5-17)24-21-9-8-19(14-28(20)21)25(2)32(3,30)31/h3-8,15H,2,9-14,16-17H2,1H3;1-11,16,26H,12-15H2;1-10,13H,11-12,14-15H2,(H,26,30);4-9,14H,10-13,15H2,1-3H3. The van der Waals surface area contributed by atoms with Gasteiger partial charge < -0.3 is 34.5 Å². The molecule has 5 fully saturated rings. The zero-order valence-corrected chi connectivity index (χ0v) is 75.2. The average molecular weight is 1830 g/mol. The predicted molar refractivity (Wildman–Crippen MR) is 499 cm³/mol. The highest BCUT2D eigenvalue weighted by atomic mass is 35.5. The summed E-state index contributed by atoms with van der Waals surface area (Å²) in [4.78, 5) is 85.6. The van der Waals surface area contributed by atoms with Crippen molar-refractivity contribution in [1.82, 2.24) is 82.6 Å². The van der Waals surface area contributed by atoms with Crippen LogP contribution in [0.2, 0.25) is 20.1 Å². The summed E-state index contributed by atoms with van der Waals surface area (Å²) in [5, 5.41) is 8.84. The van der Waals surface area contributed by atoms with Gasteiger partial charge in [0.25, 0.3) is 5.91 Å². The van der Waals surface area contributed by atoms with Crippen LogP contribution in [0.4, 0.5) is 11.4 Å². The van der Waals surface area contributed by atoms with Gasteiger partial charge in [0.15, 0.2) is 0 Å². The minimum absolute atomic E-state index is 0.000250. The molecule has 14 heterocycles. The Morgan fingerprint density at radius 1 is 0.472 bits per heavy atom. The normalized spacial score (nSPS) is 15.8. The fourth-order valence-electron chi connectivity index (χ4n) is 16.3. The van der Waals surface area contributed by atoms with E-state index in [-0.39, 0.29) is 36.0 Å². The monoisotopic (exact) mass is 1830 g/mol. The Bertz CT molecular complexity index is 6570. The number of hydrogen-bond acceptors (Lipinski definition) is 18. The van der Waals surface area contributed by atoms with Crippen molar-refractivity contribution in [3.05, 3.63) is 268 Å². The first-order chi connectivity index (χ1) is 61.4. The highest BCUT2D eigenvalue weighted by Crippen LogP contribution is 2.36. The van der Waals surface area contributed by atoms with Gasteiger partial charge in [-0.05, 0) is 127 Å². The lowest BCUT2D eigenvalue weighted by molar-refractivity contribution is -0.137. The van der Waals surface area contributed by atoms with E-state index in [1.807, 2.05) is 222 Å². The first kappa shape index (κ1) is 88.8. The fourth-order valence-corrected chi connectivity index (χ4v) is 18.8. The van der Waals surface area contributed by atoms with Crippen molar-refractivity contribution in [2.75, 3.05) is 146 Å². The third-order valence-corrected chi connectivity index (χ3v) is 27.3. The van der Waals surface area contributed by atoms with Crippen molar-refractivity contribution in [2.24, 2.45) is 0 Å². The minimum atomic E-state index is -3.39. The number of carbonyl (C=O) groups is 4. The number of fused-ring (bicyclic) bond motifs is 4. The van der Waals surface area contributed by atoms with Crippen molar-refractivity contribution in [2.45, 2.75) is 33.0 Å². The maximum atomic E-state index is 13.6. The molecule has 5 saturated heterocycles.